The van der Waals surface area contributed by atoms with Gasteiger partial charge in [-0.15, -0.1) is 0 Å². The molecule has 0 bridgehead atoms. The van der Waals surface area contributed by atoms with Gasteiger partial charge in [-0.3, -0.25) is 0 Å². The van der Waals surface area contributed by atoms with Gasteiger partial charge in [0, 0.05) is 5.75 Å². The molecule has 0 saturated heterocycles. The first-order chi connectivity index (χ1) is 7.58. The van der Waals surface area contributed by atoms with E-state index in [4.69, 9.17) is 0 Å². The van der Waals surface area contributed by atoms with E-state index in [9.17, 15) is 0 Å². The molecule has 0 radical (unpaired) electrons. The Morgan fingerprint density at radius 1 is 1.00 bits per heavy atom. The van der Waals surface area contributed by atoms with Gasteiger partial charge in [-0.25, -0.2) is 0 Å². The number of hydrogen-bond donors (Lipinski definition) is 0. The zero-order valence-corrected chi connectivity index (χ0v) is 11.8. The van der Waals surface area contributed by atoms with Crippen LogP contribution < -0.4 is 0 Å². The minimum absolute atomic E-state index is 0.749. The first kappa shape index (κ1) is 13.6. The van der Waals surface area contributed by atoms with E-state index in [2.05, 4.69) is 52.0 Å². The van der Waals surface area contributed by atoms with Gasteiger partial charge in [0.25, 0.3) is 0 Å². The van der Waals surface area contributed by atoms with E-state index >= 15 is 0 Å². The van der Waals surface area contributed by atoms with Gasteiger partial charge in [-0.1, -0.05) is 52.0 Å². The second kappa shape index (κ2) is 7.01. The molecule has 0 amide bonds. The normalized spacial score (nSPS) is 11.4. The molecule has 0 atom stereocenters. The van der Waals surface area contributed by atoms with E-state index in [1.165, 1.54) is 23.3 Å². The van der Waals surface area contributed by atoms with Crippen LogP contribution in [0.1, 0.15) is 38.8 Å². The van der Waals surface area contributed by atoms with E-state index < -0.39 is 0 Å². The summed E-state index contributed by atoms with van der Waals surface area (Å²) in [7, 11) is 0. The van der Waals surface area contributed by atoms with Crippen LogP contribution in [-0.4, -0.2) is 5.75 Å². The molecule has 0 aromatic heterocycles. The van der Waals surface area contributed by atoms with Gasteiger partial charge < -0.3 is 0 Å². The van der Waals surface area contributed by atoms with Crippen molar-refractivity contribution >= 4 is 11.8 Å². The highest BCUT2D eigenvalue weighted by molar-refractivity contribution is 7.98. The van der Waals surface area contributed by atoms with Crippen LogP contribution in [0, 0.1) is 11.8 Å². The quantitative estimate of drug-likeness (QED) is 0.685. The molecule has 1 aromatic carbocycles. The molecule has 0 unspecified atom stereocenters. The predicted molar refractivity (Wildman–Crippen MR) is 76.0 cm³/mol. The predicted octanol–water partition coefficient (Wildman–Crippen LogP) is 4.77. The fourth-order valence-corrected chi connectivity index (χ4v) is 2.73. The number of thioether (sulfide) groups is 1. The fraction of sp³-hybridized carbons (Fsp3) is 0.600. The maximum atomic E-state index is 2.37. The molecule has 0 heterocycles. The van der Waals surface area contributed by atoms with Crippen LogP contribution in [0.25, 0.3) is 0 Å². The Morgan fingerprint density at radius 2 is 1.69 bits per heavy atom. The van der Waals surface area contributed by atoms with Crippen LogP contribution in [0.2, 0.25) is 0 Å². The summed E-state index contributed by atoms with van der Waals surface area (Å²) in [5.74, 6) is 3.96. The lowest BCUT2D eigenvalue weighted by Crippen LogP contribution is -1.95. The summed E-state index contributed by atoms with van der Waals surface area (Å²) < 4.78 is 0. The number of rotatable bonds is 6. The van der Waals surface area contributed by atoms with Crippen molar-refractivity contribution in [3.05, 3.63) is 35.4 Å². The number of hydrogen-bond acceptors (Lipinski definition) is 1. The summed E-state index contributed by atoms with van der Waals surface area (Å²) in [6.45, 7) is 9.12. The van der Waals surface area contributed by atoms with Crippen LogP contribution in [0.4, 0.5) is 0 Å². The van der Waals surface area contributed by atoms with Crippen LogP contribution >= 0.6 is 11.8 Å². The molecule has 1 rings (SSSR count). The molecule has 0 aliphatic heterocycles. The third kappa shape index (κ3) is 5.60. The zero-order valence-electron chi connectivity index (χ0n) is 11.0. The molecule has 16 heavy (non-hydrogen) atoms. The first-order valence-electron chi connectivity index (χ1n) is 6.23. The standard InChI is InChI=1S/C15H24S/c1-12(2)8-14-6-5-7-15(9-14)11-16-10-13(3)4/h5-7,9,12-13H,8,10-11H2,1-4H3. The molecule has 0 aliphatic carbocycles. The van der Waals surface area contributed by atoms with Crippen molar-refractivity contribution in [3.63, 3.8) is 0 Å². The SMILES string of the molecule is CC(C)CSCc1cccc(CC(C)C)c1. The summed E-state index contributed by atoms with van der Waals surface area (Å²) in [4.78, 5) is 0. The highest BCUT2D eigenvalue weighted by Crippen LogP contribution is 2.17. The molecule has 90 valence electrons. The highest BCUT2D eigenvalue weighted by Gasteiger charge is 2.00. The summed E-state index contributed by atoms with van der Waals surface area (Å²) >= 11 is 2.04. The molecule has 0 saturated carbocycles. The second-order valence-corrected chi connectivity index (χ2v) is 6.36. The fourth-order valence-electron chi connectivity index (χ4n) is 1.73. The lowest BCUT2D eigenvalue weighted by atomic mass is 10.0. The molecule has 0 spiro atoms. The van der Waals surface area contributed by atoms with Crippen LogP contribution in [0.15, 0.2) is 24.3 Å². The van der Waals surface area contributed by atoms with Crippen molar-refractivity contribution < 1.29 is 0 Å². The van der Waals surface area contributed by atoms with Crippen molar-refractivity contribution in [2.45, 2.75) is 39.9 Å². The highest BCUT2D eigenvalue weighted by atomic mass is 32.2. The molecule has 0 fully saturated rings. The largest absolute Gasteiger partial charge is 0.157 e. The minimum atomic E-state index is 0.749. The van der Waals surface area contributed by atoms with Crippen molar-refractivity contribution in [1.82, 2.24) is 0 Å². The Hall–Kier alpha value is -0.430. The summed E-state index contributed by atoms with van der Waals surface area (Å²) in [5, 5.41) is 0. The Kier molecular flexibility index (Phi) is 5.97. The minimum Gasteiger partial charge on any atom is -0.157 e. The molecule has 0 nitrogen and oxygen atoms in total. The van der Waals surface area contributed by atoms with E-state index in [1.54, 1.807) is 0 Å². The molecule has 1 heteroatoms. The van der Waals surface area contributed by atoms with Crippen molar-refractivity contribution in [2.24, 2.45) is 11.8 Å². The van der Waals surface area contributed by atoms with Gasteiger partial charge in [0.15, 0.2) is 0 Å². The first-order valence-corrected chi connectivity index (χ1v) is 7.39. The average molecular weight is 236 g/mol. The maximum absolute atomic E-state index is 2.37. The second-order valence-electron chi connectivity index (χ2n) is 5.33. The van der Waals surface area contributed by atoms with Crippen molar-refractivity contribution in [1.29, 1.82) is 0 Å². The van der Waals surface area contributed by atoms with Crippen molar-refractivity contribution in [3.8, 4) is 0 Å². The van der Waals surface area contributed by atoms with Crippen LogP contribution in [-0.2, 0) is 12.2 Å². The molecule has 0 N–H and O–H groups in total. The molecular weight excluding hydrogens is 212 g/mol. The van der Waals surface area contributed by atoms with Crippen molar-refractivity contribution in [2.75, 3.05) is 5.75 Å². The van der Waals surface area contributed by atoms with E-state index in [1.807, 2.05) is 11.8 Å². The topological polar surface area (TPSA) is 0 Å². The van der Waals surface area contributed by atoms with Gasteiger partial charge in [0.05, 0.1) is 0 Å². The molecule has 1 aromatic rings. The summed E-state index contributed by atoms with van der Waals surface area (Å²) in [5.41, 5.74) is 2.96. The van der Waals surface area contributed by atoms with Crippen LogP contribution in [0.5, 0.6) is 0 Å². The third-order valence-corrected chi connectivity index (χ3v) is 3.80. The van der Waals surface area contributed by atoms with E-state index in [0.29, 0.717) is 0 Å². The van der Waals surface area contributed by atoms with E-state index in [-0.39, 0.29) is 0 Å². The molecule has 0 aliphatic rings. The van der Waals surface area contributed by atoms with Crippen LogP contribution in [0.3, 0.4) is 0 Å². The lowest BCUT2D eigenvalue weighted by Gasteiger charge is -2.08. The van der Waals surface area contributed by atoms with Gasteiger partial charge in [0.2, 0.25) is 0 Å². The van der Waals surface area contributed by atoms with Gasteiger partial charge >= 0.3 is 0 Å². The van der Waals surface area contributed by atoms with Gasteiger partial charge in [-0.2, -0.15) is 11.8 Å². The Labute approximate surface area is 105 Å². The lowest BCUT2D eigenvalue weighted by molar-refractivity contribution is 0.647. The van der Waals surface area contributed by atoms with Gasteiger partial charge in [0.1, 0.15) is 0 Å². The smallest absolute Gasteiger partial charge is 0.0184 e. The summed E-state index contributed by atoms with van der Waals surface area (Å²) in [6, 6.07) is 9.06. The zero-order chi connectivity index (χ0) is 12.0. The number of benzene rings is 1. The maximum Gasteiger partial charge on any atom is 0.0184 e. The monoisotopic (exact) mass is 236 g/mol. The Bertz CT molecular complexity index is 302. The van der Waals surface area contributed by atoms with Gasteiger partial charge in [-0.05, 0) is 35.1 Å². The Balaban J connectivity index is 2.47. The Morgan fingerprint density at radius 3 is 2.31 bits per heavy atom. The third-order valence-electron chi connectivity index (χ3n) is 2.36. The van der Waals surface area contributed by atoms with E-state index in [0.717, 1.165) is 17.6 Å². The molecular formula is C15H24S. The summed E-state index contributed by atoms with van der Waals surface area (Å²) in [6.07, 6.45) is 1.20. The average Bonchev–Trinajstić information content (AvgIpc) is 2.16.